The lowest BCUT2D eigenvalue weighted by Gasteiger charge is -2.35. The molecule has 31 heavy (non-hydrogen) atoms. The number of nitrogens with two attached hydrogens (primary N) is 1. The summed E-state index contributed by atoms with van der Waals surface area (Å²) < 4.78 is 0. The number of aliphatic hydroxyl groups is 1. The molecular weight excluding hydrogens is 392 g/mol. The summed E-state index contributed by atoms with van der Waals surface area (Å²) in [5.41, 5.74) is 7.63. The van der Waals surface area contributed by atoms with Crippen LogP contribution in [0, 0.1) is 0 Å². The highest BCUT2D eigenvalue weighted by molar-refractivity contribution is 5.95. The van der Waals surface area contributed by atoms with Crippen LogP contribution in [-0.4, -0.2) is 65.0 Å². The second-order valence-electron chi connectivity index (χ2n) is 8.49. The molecule has 1 aliphatic carbocycles. The van der Waals surface area contributed by atoms with E-state index in [1.165, 1.54) is 0 Å². The molecule has 2 heterocycles. The van der Waals surface area contributed by atoms with Crippen molar-refractivity contribution in [1.82, 2.24) is 15.1 Å². The Bertz CT molecular complexity index is 1160. The minimum atomic E-state index is -1.14. The van der Waals surface area contributed by atoms with E-state index in [0.717, 1.165) is 21.6 Å². The number of piperazine rings is 1. The van der Waals surface area contributed by atoms with Crippen LogP contribution < -0.4 is 21.5 Å². The van der Waals surface area contributed by atoms with Gasteiger partial charge in [0.2, 0.25) is 0 Å². The van der Waals surface area contributed by atoms with Crippen molar-refractivity contribution in [3.8, 4) is 11.1 Å². The van der Waals surface area contributed by atoms with Gasteiger partial charge in [-0.1, -0.05) is 30.3 Å². The first kappa shape index (κ1) is 19.6. The molecule has 0 radical (unpaired) electrons. The van der Waals surface area contributed by atoms with Gasteiger partial charge in [-0.05, 0) is 47.4 Å². The van der Waals surface area contributed by atoms with Gasteiger partial charge in [-0.25, -0.2) is 0 Å². The van der Waals surface area contributed by atoms with Gasteiger partial charge in [0, 0.05) is 43.5 Å². The number of hydrogen-bond acceptors (Lipinski definition) is 5. The Morgan fingerprint density at radius 2 is 1.58 bits per heavy atom. The molecule has 7 heteroatoms. The van der Waals surface area contributed by atoms with Gasteiger partial charge >= 0.3 is 0 Å². The fraction of sp³-hybridized carbons (Fsp3) is 0.333. The predicted octanol–water partition coefficient (Wildman–Crippen LogP) is -0.429. The van der Waals surface area contributed by atoms with Gasteiger partial charge in [0.1, 0.15) is 11.4 Å². The lowest BCUT2D eigenvalue weighted by molar-refractivity contribution is -0.143. The standard InChI is InChI=1S/C24H26N4O3/c25-21-20-6-5-18(15-19(20)7-10-26-21)16-1-3-17(4-2-16)22(29)27-11-13-28(14-12-27)23(30)24(31)8-9-24/h1-7,15,26,31H,8-14,25H2. The monoisotopic (exact) mass is 418 g/mol. The SMILES string of the molecule is NC1=c2ccc(-c3ccc(C(=O)N4CCN(C(=O)C5(O)CC5)CC4)cc3)cc2=CCN1. The maximum absolute atomic E-state index is 12.9. The molecule has 5 rings (SSSR count). The third-order valence-corrected chi connectivity index (χ3v) is 6.40. The van der Waals surface area contributed by atoms with E-state index < -0.39 is 5.60 Å². The fourth-order valence-electron chi connectivity index (χ4n) is 4.25. The van der Waals surface area contributed by atoms with E-state index in [0.29, 0.717) is 56.9 Å². The average molecular weight is 418 g/mol. The first-order valence-corrected chi connectivity index (χ1v) is 10.7. The number of hydrogen-bond donors (Lipinski definition) is 3. The quantitative estimate of drug-likeness (QED) is 0.628. The highest BCUT2D eigenvalue weighted by Crippen LogP contribution is 2.37. The largest absolute Gasteiger partial charge is 0.385 e. The molecule has 3 aliphatic rings. The Balaban J connectivity index is 1.27. The topological polar surface area (TPSA) is 98.9 Å². The summed E-state index contributed by atoms with van der Waals surface area (Å²) in [7, 11) is 0. The summed E-state index contributed by atoms with van der Waals surface area (Å²) in [6.45, 7) is 2.61. The maximum Gasteiger partial charge on any atom is 0.254 e. The van der Waals surface area contributed by atoms with Crippen LogP contribution >= 0.6 is 0 Å². The zero-order valence-corrected chi connectivity index (χ0v) is 17.3. The van der Waals surface area contributed by atoms with Gasteiger partial charge < -0.3 is 26.0 Å². The molecule has 2 aromatic rings. The first-order valence-electron chi connectivity index (χ1n) is 10.7. The van der Waals surface area contributed by atoms with Crippen molar-refractivity contribution < 1.29 is 14.7 Å². The summed E-state index contributed by atoms with van der Waals surface area (Å²) in [5.74, 6) is 0.468. The minimum absolute atomic E-state index is 0.0315. The Morgan fingerprint density at radius 1 is 0.935 bits per heavy atom. The first-order chi connectivity index (χ1) is 14.9. The van der Waals surface area contributed by atoms with Crippen molar-refractivity contribution in [2.24, 2.45) is 5.73 Å². The van der Waals surface area contributed by atoms with Gasteiger partial charge in [0.25, 0.3) is 11.8 Å². The van der Waals surface area contributed by atoms with Crippen LogP contribution in [0.2, 0.25) is 0 Å². The molecule has 4 N–H and O–H groups in total. The molecule has 1 saturated carbocycles. The number of nitrogens with one attached hydrogen (secondary N) is 1. The number of fused-ring (bicyclic) bond motifs is 1. The zero-order valence-electron chi connectivity index (χ0n) is 17.3. The molecule has 0 unspecified atom stereocenters. The van der Waals surface area contributed by atoms with Gasteiger partial charge in [-0.2, -0.15) is 0 Å². The molecule has 2 fully saturated rings. The average Bonchev–Trinajstić information content (AvgIpc) is 3.57. The number of rotatable bonds is 3. The second-order valence-corrected chi connectivity index (χ2v) is 8.49. The molecular formula is C24H26N4O3. The van der Waals surface area contributed by atoms with Gasteiger partial charge in [0.05, 0.1) is 0 Å². The van der Waals surface area contributed by atoms with Crippen LogP contribution in [0.4, 0.5) is 0 Å². The van der Waals surface area contributed by atoms with Crippen molar-refractivity contribution in [1.29, 1.82) is 0 Å². The number of benzene rings is 2. The minimum Gasteiger partial charge on any atom is -0.385 e. The highest BCUT2D eigenvalue weighted by atomic mass is 16.3. The molecule has 0 spiro atoms. The van der Waals surface area contributed by atoms with Crippen LogP contribution in [0.15, 0.2) is 42.5 Å². The van der Waals surface area contributed by atoms with Crippen molar-refractivity contribution in [3.05, 3.63) is 58.5 Å². The summed E-state index contributed by atoms with van der Waals surface area (Å²) in [6, 6.07) is 13.8. The summed E-state index contributed by atoms with van der Waals surface area (Å²) in [4.78, 5) is 28.6. The van der Waals surface area contributed by atoms with E-state index in [9.17, 15) is 14.7 Å². The van der Waals surface area contributed by atoms with E-state index in [4.69, 9.17) is 5.73 Å². The van der Waals surface area contributed by atoms with Crippen molar-refractivity contribution in [2.45, 2.75) is 18.4 Å². The van der Waals surface area contributed by atoms with Gasteiger partial charge in [-0.15, -0.1) is 0 Å². The lowest BCUT2D eigenvalue weighted by atomic mass is 10.0. The Labute approximate surface area is 180 Å². The molecule has 2 amide bonds. The van der Waals surface area contributed by atoms with Gasteiger partial charge in [-0.3, -0.25) is 9.59 Å². The maximum atomic E-state index is 12.9. The van der Waals surface area contributed by atoms with E-state index in [2.05, 4.69) is 17.5 Å². The Morgan fingerprint density at radius 3 is 2.26 bits per heavy atom. The molecule has 160 valence electrons. The van der Waals surface area contributed by atoms with Crippen molar-refractivity contribution >= 4 is 23.7 Å². The smallest absolute Gasteiger partial charge is 0.254 e. The molecule has 2 aliphatic heterocycles. The molecule has 7 nitrogen and oxygen atoms in total. The third kappa shape index (κ3) is 3.65. The summed E-state index contributed by atoms with van der Waals surface area (Å²) >= 11 is 0. The summed E-state index contributed by atoms with van der Waals surface area (Å²) in [5, 5.41) is 15.3. The number of carbonyl (C=O) groups is 2. The molecule has 0 bridgehead atoms. The molecule has 0 aromatic heterocycles. The van der Waals surface area contributed by atoms with Gasteiger partial charge in [0.15, 0.2) is 0 Å². The molecule has 2 aromatic carbocycles. The molecule has 1 saturated heterocycles. The van der Waals surface area contributed by atoms with E-state index >= 15 is 0 Å². The lowest BCUT2D eigenvalue weighted by Crippen LogP contribution is -2.53. The second kappa shape index (κ2) is 7.42. The van der Waals surface area contributed by atoms with Crippen molar-refractivity contribution in [2.75, 3.05) is 32.7 Å². The van der Waals surface area contributed by atoms with E-state index in [1.807, 2.05) is 36.4 Å². The van der Waals surface area contributed by atoms with Crippen LogP contribution in [0.3, 0.4) is 0 Å². The number of amides is 2. The normalized spacial score (nSPS) is 19.2. The van der Waals surface area contributed by atoms with E-state index in [-0.39, 0.29) is 11.8 Å². The molecule has 0 atom stereocenters. The van der Waals surface area contributed by atoms with Crippen LogP contribution in [0.25, 0.3) is 23.0 Å². The highest BCUT2D eigenvalue weighted by Gasteiger charge is 2.50. The number of nitrogens with zero attached hydrogens (tertiary/aromatic N) is 2. The van der Waals surface area contributed by atoms with E-state index in [1.54, 1.807) is 9.80 Å². The zero-order chi connectivity index (χ0) is 21.6. The third-order valence-electron chi connectivity index (χ3n) is 6.40. The number of carbonyl (C=O) groups excluding carboxylic acids is 2. The van der Waals surface area contributed by atoms with Crippen molar-refractivity contribution in [3.63, 3.8) is 0 Å². The van der Waals surface area contributed by atoms with Crippen LogP contribution in [0.5, 0.6) is 0 Å². The predicted molar refractivity (Wildman–Crippen MR) is 118 cm³/mol. The van der Waals surface area contributed by atoms with Crippen LogP contribution in [-0.2, 0) is 4.79 Å². The Hall–Kier alpha value is -3.32. The summed E-state index contributed by atoms with van der Waals surface area (Å²) in [6.07, 6.45) is 3.20. The Kier molecular flexibility index (Phi) is 4.70. The fourth-order valence-corrected chi connectivity index (χ4v) is 4.25. The van der Waals surface area contributed by atoms with Crippen LogP contribution in [0.1, 0.15) is 23.2 Å².